The standard InChI is InChI=1S/C24H26ClN3O2/c25-21-10-9-20-11-12-28(22(20)17-21)18-24(30)27-15-13-26(14-16-27)23(29)8-4-7-19-5-2-1-3-6-19/h1-3,5-6,9-12,17H,4,7-8,13-16,18H2. The Labute approximate surface area is 181 Å². The molecular weight excluding hydrogens is 398 g/mol. The van der Waals surface area contributed by atoms with Gasteiger partial charge >= 0.3 is 0 Å². The number of halogens is 1. The maximum absolute atomic E-state index is 12.8. The van der Waals surface area contributed by atoms with Gasteiger partial charge < -0.3 is 14.4 Å². The highest BCUT2D eigenvalue weighted by Crippen LogP contribution is 2.21. The lowest BCUT2D eigenvalue weighted by molar-refractivity contribution is -0.139. The lowest BCUT2D eigenvalue weighted by atomic mass is 10.1. The van der Waals surface area contributed by atoms with Crippen LogP contribution in [0, 0.1) is 0 Å². The summed E-state index contributed by atoms with van der Waals surface area (Å²) in [7, 11) is 0. The molecule has 0 unspecified atom stereocenters. The molecule has 4 rings (SSSR count). The van der Waals surface area contributed by atoms with E-state index in [-0.39, 0.29) is 18.4 Å². The molecule has 0 radical (unpaired) electrons. The number of nitrogens with zero attached hydrogens (tertiary/aromatic N) is 3. The van der Waals surface area contributed by atoms with Crippen molar-refractivity contribution >= 4 is 34.3 Å². The van der Waals surface area contributed by atoms with Crippen LogP contribution in [0.5, 0.6) is 0 Å². The molecule has 1 aliphatic heterocycles. The van der Waals surface area contributed by atoms with Crippen LogP contribution in [0.3, 0.4) is 0 Å². The highest BCUT2D eigenvalue weighted by atomic mass is 35.5. The zero-order valence-electron chi connectivity index (χ0n) is 17.0. The molecule has 0 atom stereocenters. The third-order valence-corrected chi connectivity index (χ3v) is 5.96. The van der Waals surface area contributed by atoms with E-state index in [0.29, 0.717) is 37.6 Å². The molecule has 0 N–H and O–H groups in total. The zero-order valence-corrected chi connectivity index (χ0v) is 17.7. The van der Waals surface area contributed by atoms with Crippen molar-refractivity contribution in [2.45, 2.75) is 25.8 Å². The van der Waals surface area contributed by atoms with Crippen molar-refractivity contribution in [1.82, 2.24) is 14.4 Å². The summed E-state index contributed by atoms with van der Waals surface area (Å²) in [6.07, 6.45) is 4.25. The molecule has 0 saturated carbocycles. The fraction of sp³-hybridized carbons (Fsp3) is 0.333. The van der Waals surface area contributed by atoms with Gasteiger partial charge in [0.1, 0.15) is 6.54 Å². The molecule has 0 spiro atoms. The summed E-state index contributed by atoms with van der Waals surface area (Å²) in [6.45, 7) is 2.67. The number of hydrogen-bond acceptors (Lipinski definition) is 2. The molecule has 6 heteroatoms. The first-order valence-corrected chi connectivity index (χ1v) is 10.8. The maximum atomic E-state index is 12.8. The Kier molecular flexibility index (Phi) is 6.38. The molecule has 1 saturated heterocycles. The van der Waals surface area contributed by atoms with Crippen LogP contribution in [0.25, 0.3) is 10.9 Å². The second-order valence-corrected chi connectivity index (χ2v) is 8.18. The Hall–Kier alpha value is -2.79. The van der Waals surface area contributed by atoms with Crippen molar-refractivity contribution in [3.63, 3.8) is 0 Å². The van der Waals surface area contributed by atoms with Crippen molar-refractivity contribution < 1.29 is 9.59 Å². The summed E-state index contributed by atoms with van der Waals surface area (Å²) < 4.78 is 1.94. The van der Waals surface area contributed by atoms with Gasteiger partial charge in [-0.2, -0.15) is 0 Å². The van der Waals surface area contributed by atoms with Crippen LogP contribution in [0.4, 0.5) is 0 Å². The Bertz CT molecular complexity index is 1020. The minimum atomic E-state index is 0.0728. The van der Waals surface area contributed by atoms with E-state index in [0.717, 1.165) is 23.7 Å². The van der Waals surface area contributed by atoms with Crippen LogP contribution < -0.4 is 0 Å². The fourth-order valence-corrected chi connectivity index (χ4v) is 4.16. The zero-order chi connectivity index (χ0) is 20.9. The quantitative estimate of drug-likeness (QED) is 0.601. The van der Waals surface area contributed by atoms with E-state index >= 15 is 0 Å². The maximum Gasteiger partial charge on any atom is 0.242 e. The van der Waals surface area contributed by atoms with Crippen LogP contribution in [0.15, 0.2) is 60.8 Å². The highest BCUT2D eigenvalue weighted by Gasteiger charge is 2.24. The topological polar surface area (TPSA) is 45.6 Å². The van der Waals surface area contributed by atoms with E-state index in [1.54, 1.807) is 0 Å². The summed E-state index contributed by atoms with van der Waals surface area (Å²) in [4.78, 5) is 29.0. The Morgan fingerprint density at radius 2 is 1.57 bits per heavy atom. The summed E-state index contributed by atoms with van der Waals surface area (Å²) in [5.41, 5.74) is 2.22. The third-order valence-electron chi connectivity index (χ3n) is 5.73. The van der Waals surface area contributed by atoms with Gasteiger partial charge in [-0.3, -0.25) is 9.59 Å². The van der Waals surface area contributed by atoms with Crippen LogP contribution in [0.1, 0.15) is 18.4 Å². The molecule has 3 aromatic rings. The Morgan fingerprint density at radius 1 is 0.867 bits per heavy atom. The van der Waals surface area contributed by atoms with Gasteiger partial charge in [0.05, 0.1) is 0 Å². The van der Waals surface area contributed by atoms with E-state index in [4.69, 9.17) is 11.6 Å². The van der Waals surface area contributed by atoms with E-state index < -0.39 is 0 Å². The number of hydrogen-bond donors (Lipinski definition) is 0. The van der Waals surface area contributed by atoms with Gasteiger partial charge in [0, 0.05) is 49.3 Å². The minimum Gasteiger partial charge on any atom is -0.339 e. The molecule has 1 aliphatic rings. The summed E-state index contributed by atoms with van der Waals surface area (Å²) >= 11 is 6.10. The number of amides is 2. The highest BCUT2D eigenvalue weighted by molar-refractivity contribution is 6.31. The minimum absolute atomic E-state index is 0.0728. The molecule has 5 nitrogen and oxygen atoms in total. The summed E-state index contributed by atoms with van der Waals surface area (Å²) in [5, 5.41) is 1.73. The number of aryl methyl sites for hydroxylation is 1. The molecule has 156 valence electrons. The summed E-state index contributed by atoms with van der Waals surface area (Å²) in [5.74, 6) is 0.257. The van der Waals surface area contributed by atoms with Gasteiger partial charge in [-0.1, -0.05) is 48.0 Å². The van der Waals surface area contributed by atoms with Gasteiger partial charge in [-0.05, 0) is 42.0 Å². The van der Waals surface area contributed by atoms with E-state index in [1.807, 2.05) is 63.0 Å². The second kappa shape index (κ2) is 9.35. The van der Waals surface area contributed by atoms with Gasteiger partial charge in [0.15, 0.2) is 0 Å². The number of fused-ring (bicyclic) bond motifs is 1. The van der Waals surface area contributed by atoms with Crippen LogP contribution in [0.2, 0.25) is 5.02 Å². The van der Waals surface area contributed by atoms with E-state index in [2.05, 4.69) is 12.1 Å². The third kappa shape index (κ3) is 4.85. The average molecular weight is 424 g/mol. The Morgan fingerprint density at radius 3 is 2.30 bits per heavy atom. The molecule has 2 heterocycles. The first-order valence-electron chi connectivity index (χ1n) is 10.4. The van der Waals surface area contributed by atoms with Crippen molar-refractivity contribution in [3.05, 3.63) is 71.4 Å². The molecule has 2 amide bonds. The number of piperazine rings is 1. The van der Waals surface area contributed by atoms with Crippen LogP contribution in [-0.4, -0.2) is 52.4 Å². The predicted molar refractivity (Wildman–Crippen MR) is 119 cm³/mol. The van der Waals surface area contributed by atoms with Gasteiger partial charge in [-0.25, -0.2) is 0 Å². The first kappa shape index (κ1) is 20.5. The molecule has 30 heavy (non-hydrogen) atoms. The number of carbonyl (C=O) groups is 2. The van der Waals surface area contributed by atoms with Gasteiger partial charge in [0.2, 0.25) is 11.8 Å². The number of rotatable bonds is 6. The second-order valence-electron chi connectivity index (χ2n) is 7.75. The monoisotopic (exact) mass is 423 g/mol. The summed E-state index contributed by atoms with van der Waals surface area (Å²) in [6, 6.07) is 17.9. The van der Waals surface area contributed by atoms with Crippen molar-refractivity contribution in [3.8, 4) is 0 Å². The molecule has 1 aromatic heterocycles. The van der Waals surface area contributed by atoms with Gasteiger partial charge in [0.25, 0.3) is 0 Å². The lowest BCUT2D eigenvalue weighted by Gasteiger charge is -2.35. The van der Waals surface area contributed by atoms with E-state index in [9.17, 15) is 9.59 Å². The van der Waals surface area contributed by atoms with Crippen molar-refractivity contribution in [2.24, 2.45) is 0 Å². The largest absolute Gasteiger partial charge is 0.339 e. The number of carbonyl (C=O) groups excluding carboxylic acids is 2. The Balaban J connectivity index is 1.25. The lowest BCUT2D eigenvalue weighted by Crippen LogP contribution is -2.51. The molecule has 0 bridgehead atoms. The van der Waals surface area contributed by atoms with E-state index in [1.165, 1.54) is 5.56 Å². The fourth-order valence-electron chi connectivity index (χ4n) is 3.99. The van der Waals surface area contributed by atoms with Crippen molar-refractivity contribution in [1.29, 1.82) is 0 Å². The smallest absolute Gasteiger partial charge is 0.242 e. The number of benzene rings is 2. The molecular formula is C24H26ClN3O2. The first-order chi connectivity index (χ1) is 14.6. The average Bonchev–Trinajstić information content (AvgIpc) is 3.16. The molecule has 0 aliphatic carbocycles. The molecule has 2 aromatic carbocycles. The number of aromatic nitrogens is 1. The van der Waals surface area contributed by atoms with Gasteiger partial charge in [-0.15, -0.1) is 0 Å². The normalized spacial score (nSPS) is 14.3. The van der Waals surface area contributed by atoms with Crippen molar-refractivity contribution in [2.75, 3.05) is 26.2 Å². The van der Waals surface area contributed by atoms with Crippen LogP contribution in [-0.2, 0) is 22.6 Å². The SMILES string of the molecule is O=C(CCCc1ccccc1)N1CCN(C(=O)Cn2ccc3ccc(Cl)cc32)CC1. The van der Waals surface area contributed by atoms with Crippen LogP contribution >= 0.6 is 11.6 Å². The predicted octanol–water partition coefficient (Wildman–Crippen LogP) is 3.99. The molecule has 1 fully saturated rings.